The van der Waals surface area contributed by atoms with E-state index in [1.54, 1.807) is 6.33 Å². The minimum absolute atomic E-state index is 0.767. The molecule has 4 rings (SSSR count). The molecule has 0 saturated carbocycles. The van der Waals surface area contributed by atoms with Gasteiger partial charge in [-0.25, -0.2) is 9.97 Å². The van der Waals surface area contributed by atoms with Gasteiger partial charge in [0.05, 0.1) is 0 Å². The Labute approximate surface area is 152 Å². The first-order valence-corrected chi connectivity index (χ1v) is 8.34. The van der Waals surface area contributed by atoms with Crippen LogP contribution >= 0.6 is 0 Å². The molecule has 4 heteroatoms. The maximum atomic E-state index is 5.82. The minimum Gasteiger partial charge on any atom is -0.457 e. The number of nitrogens with zero attached hydrogens (tertiary/aromatic N) is 2. The van der Waals surface area contributed by atoms with Crippen LogP contribution in [-0.2, 0) is 0 Å². The number of benzene rings is 3. The SMILES string of the molecule is c1ccc(Oc2ccc(Nc3ncncc3-c3ccccc3)cc2)cc1. The van der Waals surface area contributed by atoms with Crippen molar-refractivity contribution in [1.82, 2.24) is 9.97 Å². The Morgan fingerprint density at radius 2 is 1.35 bits per heavy atom. The highest BCUT2D eigenvalue weighted by Gasteiger charge is 2.07. The van der Waals surface area contributed by atoms with Crippen LogP contribution in [-0.4, -0.2) is 9.97 Å². The number of aromatic nitrogens is 2. The van der Waals surface area contributed by atoms with Gasteiger partial charge in [-0.3, -0.25) is 0 Å². The molecule has 0 aliphatic carbocycles. The summed E-state index contributed by atoms with van der Waals surface area (Å²) in [5, 5.41) is 3.36. The average molecular weight is 339 g/mol. The molecule has 1 aromatic heterocycles. The number of rotatable bonds is 5. The Hall–Kier alpha value is -3.66. The quantitative estimate of drug-likeness (QED) is 0.508. The highest BCUT2D eigenvalue weighted by atomic mass is 16.5. The molecule has 0 bridgehead atoms. The van der Waals surface area contributed by atoms with Crippen LogP contribution in [0.5, 0.6) is 11.5 Å². The van der Waals surface area contributed by atoms with Gasteiger partial charge >= 0.3 is 0 Å². The van der Waals surface area contributed by atoms with Gasteiger partial charge in [-0.2, -0.15) is 0 Å². The van der Waals surface area contributed by atoms with E-state index >= 15 is 0 Å². The van der Waals surface area contributed by atoms with Crippen molar-refractivity contribution < 1.29 is 4.74 Å². The molecular formula is C22H17N3O. The summed E-state index contributed by atoms with van der Waals surface area (Å²) in [7, 11) is 0. The highest BCUT2D eigenvalue weighted by Crippen LogP contribution is 2.29. The lowest BCUT2D eigenvalue weighted by Gasteiger charge is -2.11. The second-order valence-electron chi connectivity index (χ2n) is 5.72. The summed E-state index contributed by atoms with van der Waals surface area (Å²) in [6.45, 7) is 0. The number of ether oxygens (including phenoxy) is 1. The first kappa shape index (κ1) is 15.8. The third-order valence-electron chi connectivity index (χ3n) is 3.89. The van der Waals surface area contributed by atoms with Crippen LogP contribution in [0.25, 0.3) is 11.1 Å². The Morgan fingerprint density at radius 3 is 2.08 bits per heavy atom. The van der Waals surface area contributed by atoms with Crippen LogP contribution < -0.4 is 10.1 Å². The van der Waals surface area contributed by atoms with Crippen LogP contribution in [0.4, 0.5) is 11.5 Å². The predicted molar refractivity (Wildman–Crippen MR) is 104 cm³/mol. The van der Waals surface area contributed by atoms with Crippen molar-refractivity contribution in [2.45, 2.75) is 0 Å². The molecule has 126 valence electrons. The second kappa shape index (κ2) is 7.49. The summed E-state index contributed by atoms with van der Waals surface area (Å²) in [6.07, 6.45) is 3.36. The average Bonchev–Trinajstić information content (AvgIpc) is 2.71. The van der Waals surface area contributed by atoms with Crippen molar-refractivity contribution in [2.75, 3.05) is 5.32 Å². The summed E-state index contributed by atoms with van der Waals surface area (Å²) in [5.74, 6) is 2.37. The van der Waals surface area contributed by atoms with E-state index in [0.29, 0.717) is 0 Å². The van der Waals surface area contributed by atoms with Gasteiger partial charge in [0.15, 0.2) is 0 Å². The Kier molecular flexibility index (Phi) is 4.56. The van der Waals surface area contributed by atoms with E-state index in [0.717, 1.165) is 34.1 Å². The van der Waals surface area contributed by atoms with Crippen molar-refractivity contribution in [3.63, 3.8) is 0 Å². The molecule has 4 nitrogen and oxygen atoms in total. The summed E-state index contributed by atoms with van der Waals surface area (Å²) in [5.41, 5.74) is 2.96. The number of nitrogens with one attached hydrogen (secondary N) is 1. The fraction of sp³-hybridized carbons (Fsp3) is 0. The summed E-state index contributed by atoms with van der Waals surface area (Å²) in [4.78, 5) is 8.54. The predicted octanol–water partition coefficient (Wildman–Crippen LogP) is 5.68. The standard InChI is InChI=1S/C22H17N3O/c1-3-7-17(8-4-1)21-15-23-16-24-22(21)25-18-11-13-20(14-12-18)26-19-9-5-2-6-10-19/h1-16H,(H,23,24,25). The van der Waals surface area contributed by atoms with E-state index in [1.165, 1.54) is 0 Å². The second-order valence-corrected chi connectivity index (χ2v) is 5.72. The van der Waals surface area contributed by atoms with Crippen LogP contribution in [0.3, 0.4) is 0 Å². The van der Waals surface area contributed by atoms with Crippen LogP contribution in [0.1, 0.15) is 0 Å². The summed E-state index contributed by atoms with van der Waals surface area (Å²) >= 11 is 0. The Balaban J connectivity index is 1.53. The molecule has 4 aromatic rings. The first-order valence-electron chi connectivity index (χ1n) is 8.34. The molecule has 0 amide bonds. The van der Waals surface area contributed by atoms with Gasteiger partial charge in [0, 0.05) is 17.4 Å². The molecule has 0 radical (unpaired) electrons. The van der Waals surface area contributed by atoms with Gasteiger partial charge < -0.3 is 10.1 Å². The smallest absolute Gasteiger partial charge is 0.141 e. The van der Waals surface area contributed by atoms with E-state index in [-0.39, 0.29) is 0 Å². The van der Waals surface area contributed by atoms with Gasteiger partial charge in [-0.05, 0) is 42.0 Å². The lowest BCUT2D eigenvalue weighted by Crippen LogP contribution is -1.97. The van der Waals surface area contributed by atoms with Crippen molar-refractivity contribution in [1.29, 1.82) is 0 Å². The zero-order chi connectivity index (χ0) is 17.6. The Morgan fingerprint density at radius 1 is 0.692 bits per heavy atom. The fourth-order valence-electron chi connectivity index (χ4n) is 2.63. The van der Waals surface area contributed by atoms with Gasteiger partial charge in [0.2, 0.25) is 0 Å². The number of hydrogen-bond donors (Lipinski definition) is 1. The van der Waals surface area contributed by atoms with Gasteiger partial charge in [0.1, 0.15) is 23.6 Å². The molecule has 0 unspecified atom stereocenters. The van der Waals surface area contributed by atoms with E-state index < -0.39 is 0 Å². The number of para-hydroxylation sites is 1. The van der Waals surface area contributed by atoms with E-state index in [1.807, 2.05) is 91.1 Å². The minimum atomic E-state index is 0.767. The van der Waals surface area contributed by atoms with Gasteiger partial charge in [-0.1, -0.05) is 48.5 Å². The highest BCUT2D eigenvalue weighted by molar-refractivity contribution is 5.77. The van der Waals surface area contributed by atoms with Crippen molar-refractivity contribution >= 4 is 11.5 Å². The van der Waals surface area contributed by atoms with Crippen molar-refractivity contribution in [2.24, 2.45) is 0 Å². The lowest BCUT2D eigenvalue weighted by atomic mass is 10.1. The van der Waals surface area contributed by atoms with E-state index in [2.05, 4.69) is 15.3 Å². The lowest BCUT2D eigenvalue weighted by molar-refractivity contribution is 0.483. The normalized spacial score (nSPS) is 10.3. The first-order chi connectivity index (χ1) is 12.9. The monoisotopic (exact) mass is 339 g/mol. The third kappa shape index (κ3) is 3.70. The van der Waals surface area contributed by atoms with Crippen LogP contribution in [0.2, 0.25) is 0 Å². The molecule has 26 heavy (non-hydrogen) atoms. The third-order valence-corrected chi connectivity index (χ3v) is 3.89. The molecule has 0 atom stereocenters. The summed E-state index contributed by atoms with van der Waals surface area (Å²) in [6, 6.07) is 27.6. The van der Waals surface area contributed by atoms with Crippen molar-refractivity contribution in [3.05, 3.63) is 97.5 Å². The van der Waals surface area contributed by atoms with Crippen molar-refractivity contribution in [3.8, 4) is 22.6 Å². The number of anilines is 2. The number of hydrogen-bond acceptors (Lipinski definition) is 4. The molecule has 0 spiro atoms. The molecular weight excluding hydrogens is 322 g/mol. The zero-order valence-corrected chi connectivity index (χ0v) is 14.0. The molecule has 1 heterocycles. The Bertz CT molecular complexity index is 971. The topological polar surface area (TPSA) is 47.0 Å². The fourth-order valence-corrected chi connectivity index (χ4v) is 2.63. The van der Waals surface area contributed by atoms with Gasteiger partial charge in [0.25, 0.3) is 0 Å². The molecule has 0 saturated heterocycles. The van der Waals surface area contributed by atoms with Crippen LogP contribution in [0.15, 0.2) is 97.5 Å². The molecule has 0 aliphatic heterocycles. The zero-order valence-electron chi connectivity index (χ0n) is 14.0. The maximum Gasteiger partial charge on any atom is 0.141 e. The van der Waals surface area contributed by atoms with E-state index in [4.69, 9.17) is 4.74 Å². The van der Waals surface area contributed by atoms with E-state index in [9.17, 15) is 0 Å². The molecule has 1 N–H and O–H groups in total. The molecule has 0 aliphatic rings. The largest absolute Gasteiger partial charge is 0.457 e. The summed E-state index contributed by atoms with van der Waals surface area (Å²) < 4.78 is 5.82. The van der Waals surface area contributed by atoms with Gasteiger partial charge in [-0.15, -0.1) is 0 Å². The maximum absolute atomic E-state index is 5.82. The van der Waals surface area contributed by atoms with Crippen LogP contribution in [0, 0.1) is 0 Å². The molecule has 0 fully saturated rings. The molecule has 3 aromatic carbocycles.